The van der Waals surface area contributed by atoms with Crippen molar-refractivity contribution in [3.8, 4) is 0 Å². The molecule has 0 atom stereocenters. The van der Waals surface area contributed by atoms with E-state index in [1.165, 1.54) is 11.3 Å². The van der Waals surface area contributed by atoms with Gasteiger partial charge in [-0.3, -0.25) is 9.89 Å². The van der Waals surface area contributed by atoms with Gasteiger partial charge < -0.3 is 10.6 Å². The molecule has 2 aliphatic carbocycles. The van der Waals surface area contributed by atoms with Gasteiger partial charge in [0.15, 0.2) is 5.82 Å². The number of nitrogens with one attached hydrogen (secondary N) is 3. The first-order valence-corrected chi connectivity index (χ1v) is 11.9. The summed E-state index contributed by atoms with van der Waals surface area (Å²) in [6, 6.07) is 2.75. The maximum absolute atomic E-state index is 13.0. The fraction of sp³-hybridized carbons (Fsp3) is 0.583. The van der Waals surface area contributed by atoms with Gasteiger partial charge in [-0.25, -0.2) is 0 Å². The highest BCUT2D eigenvalue weighted by molar-refractivity contribution is 6.33. The second-order valence-corrected chi connectivity index (χ2v) is 10.5. The number of carbonyl (C=O) groups excluding carboxylic acids is 1. The minimum Gasteiger partial charge on any atom is -0.368 e. The van der Waals surface area contributed by atoms with E-state index in [-0.39, 0.29) is 22.0 Å². The average Bonchev–Trinajstić information content (AvgIpc) is 3.13. The smallest absolute Gasteiger partial charge is 0.368 e. The van der Waals surface area contributed by atoms with Crippen LogP contribution >= 0.6 is 11.6 Å². The van der Waals surface area contributed by atoms with Gasteiger partial charge in [0.05, 0.1) is 16.1 Å². The molecule has 0 aliphatic heterocycles. The molecule has 0 radical (unpaired) electrons. The molecule has 4 rings (SSSR count). The van der Waals surface area contributed by atoms with Crippen LogP contribution in [0.5, 0.6) is 0 Å². The largest absolute Gasteiger partial charge is 0.416 e. The molecule has 1 amide bonds. The summed E-state index contributed by atoms with van der Waals surface area (Å²) in [4.78, 5) is 12.6. The van der Waals surface area contributed by atoms with E-state index in [1.54, 1.807) is 0 Å². The van der Waals surface area contributed by atoms with Crippen molar-refractivity contribution in [1.29, 1.82) is 0 Å². The maximum atomic E-state index is 13.0. The van der Waals surface area contributed by atoms with E-state index in [4.69, 9.17) is 11.6 Å². The molecule has 0 bridgehead atoms. The summed E-state index contributed by atoms with van der Waals surface area (Å²) in [6.07, 6.45) is 2.08. The lowest BCUT2D eigenvalue weighted by Crippen LogP contribution is -2.38. The summed E-state index contributed by atoms with van der Waals surface area (Å²) in [6.45, 7) is 5.39. The third kappa shape index (κ3) is 5.65. The summed E-state index contributed by atoms with van der Waals surface area (Å²) in [7, 11) is 0. The van der Waals surface area contributed by atoms with E-state index in [1.807, 2.05) is 0 Å². The van der Waals surface area contributed by atoms with Crippen LogP contribution in [0.1, 0.15) is 73.1 Å². The minimum atomic E-state index is -4.52. The van der Waals surface area contributed by atoms with Gasteiger partial charge in [0.25, 0.3) is 5.91 Å². The SMILES string of the molecule is CC1(C)CCc2[nH]nc(NCC3CCC(NC(=O)c4cc(C(F)(F)F)ccc4Cl)CC3)c2C1. The van der Waals surface area contributed by atoms with Crippen LogP contribution in [0.25, 0.3) is 0 Å². The monoisotopic (exact) mass is 482 g/mol. The number of H-pyrrole nitrogens is 1. The molecule has 1 fully saturated rings. The van der Waals surface area contributed by atoms with Crippen LogP contribution in [-0.4, -0.2) is 28.7 Å². The van der Waals surface area contributed by atoms with Gasteiger partial charge in [0.2, 0.25) is 0 Å². The molecular weight excluding hydrogens is 453 g/mol. The molecule has 1 aromatic heterocycles. The molecule has 5 nitrogen and oxygen atoms in total. The highest BCUT2D eigenvalue weighted by Crippen LogP contribution is 2.37. The highest BCUT2D eigenvalue weighted by Gasteiger charge is 2.32. The first-order valence-electron chi connectivity index (χ1n) is 11.5. The van der Waals surface area contributed by atoms with Crippen molar-refractivity contribution < 1.29 is 18.0 Å². The third-order valence-corrected chi connectivity index (χ3v) is 7.27. The van der Waals surface area contributed by atoms with Crippen molar-refractivity contribution in [3.05, 3.63) is 45.6 Å². The Morgan fingerprint density at radius 1 is 1.24 bits per heavy atom. The minimum absolute atomic E-state index is 0.0175. The quantitative estimate of drug-likeness (QED) is 0.489. The van der Waals surface area contributed by atoms with E-state index in [0.29, 0.717) is 5.92 Å². The summed E-state index contributed by atoms with van der Waals surface area (Å²) < 4.78 is 38.9. The Bertz CT molecular complexity index is 1010. The predicted octanol–water partition coefficient (Wildman–Crippen LogP) is 6.00. The van der Waals surface area contributed by atoms with Gasteiger partial charge in [-0.15, -0.1) is 0 Å². The summed E-state index contributed by atoms with van der Waals surface area (Å²) in [5, 5.41) is 14.1. The number of anilines is 1. The van der Waals surface area contributed by atoms with Crippen LogP contribution in [-0.2, 0) is 19.0 Å². The van der Waals surface area contributed by atoms with Gasteiger partial charge >= 0.3 is 6.18 Å². The van der Waals surface area contributed by atoms with Crippen LogP contribution in [0, 0.1) is 11.3 Å². The van der Waals surface area contributed by atoms with E-state index >= 15 is 0 Å². The Balaban J connectivity index is 1.28. The number of nitrogens with zero attached hydrogens (tertiary/aromatic N) is 1. The standard InChI is InChI=1S/C24H30ClF3N4O/c1-23(2)10-9-20-18(12-23)21(32-31-20)29-13-14-3-6-16(7-4-14)30-22(33)17-11-15(24(26,27)28)5-8-19(17)25/h5,8,11,14,16H,3-4,6-7,9-10,12-13H2,1-2H3,(H,30,33)(H2,29,31,32). The Kier molecular flexibility index (Phi) is 6.67. The molecule has 0 saturated heterocycles. The molecule has 9 heteroatoms. The molecular formula is C24H30ClF3N4O. The molecule has 33 heavy (non-hydrogen) atoms. The normalized spacial score (nSPS) is 22.5. The Morgan fingerprint density at radius 3 is 2.67 bits per heavy atom. The number of fused-ring (bicyclic) bond motifs is 1. The molecule has 1 heterocycles. The summed E-state index contributed by atoms with van der Waals surface area (Å²) in [5.74, 6) is 0.852. The first-order chi connectivity index (χ1) is 15.5. The number of carbonyl (C=O) groups is 1. The summed E-state index contributed by atoms with van der Waals surface area (Å²) in [5.41, 5.74) is 1.80. The maximum Gasteiger partial charge on any atom is 0.416 e. The van der Waals surface area contributed by atoms with Gasteiger partial charge in [-0.1, -0.05) is 25.4 Å². The van der Waals surface area contributed by atoms with Crippen LogP contribution in [0.2, 0.25) is 5.02 Å². The number of rotatable bonds is 5. The van der Waals surface area contributed by atoms with Gasteiger partial charge in [-0.2, -0.15) is 18.3 Å². The molecule has 3 N–H and O–H groups in total. The first kappa shape index (κ1) is 23.9. The van der Waals surface area contributed by atoms with E-state index < -0.39 is 17.6 Å². The second kappa shape index (κ2) is 9.20. The number of benzene rings is 1. The van der Waals surface area contributed by atoms with Crippen molar-refractivity contribution in [2.45, 2.75) is 71.0 Å². The average molecular weight is 483 g/mol. The van der Waals surface area contributed by atoms with E-state index in [9.17, 15) is 18.0 Å². The molecule has 0 spiro atoms. The van der Waals surface area contributed by atoms with Crippen LogP contribution in [0.3, 0.4) is 0 Å². The Hall–Kier alpha value is -2.22. The van der Waals surface area contributed by atoms with Crippen molar-refractivity contribution >= 4 is 23.3 Å². The van der Waals surface area contributed by atoms with Crippen molar-refractivity contribution in [1.82, 2.24) is 15.5 Å². The molecule has 2 aromatic rings. The van der Waals surface area contributed by atoms with Crippen LogP contribution in [0.15, 0.2) is 18.2 Å². The van der Waals surface area contributed by atoms with Gasteiger partial charge in [0, 0.05) is 23.8 Å². The highest BCUT2D eigenvalue weighted by atomic mass is 35.5. The van der Waals surface area contributed by atoms with E-state index in [2.05, 4.69) is 34.7 Å². The fourth-order valence-corrected chi connectivity index (χ4v) is 5.07. The number of alkyl halides is 3. The fourth-order valence-electron chi connectivity index (χ4n) is 4.87. The van der Waals surface area contributed by atoms with Crippen LogP contribution < -0.4 is 10.6 Å². The molecule has 1 aromatic carbocycles. The number of halogens is 4. The van der Waals surface area contributed by atoms with Crippen LogP contribution in [0.4, 0.5) is 19.0 Å². The van der Waals surface area contributed by atoms with Gasteiger partial charge in [-0.05, 0) is 74.5 Å². The van der Waals surface area contributed by atoms with Crippen molar-refractivity contribution in [3.63, 3.8) is 0 Å². The lowest BCUT2D eigenvalue weighted by Gasteiger charge is -2.31. The zero-order valence-electron chi connectivity index (χ0n) is 18.9. The Morgan fingerprint density at radius 2 is 1.97 bits per heavy atom. The predicted molar refractivity (Wildman–Crippen MR) is 123 cm³/mol. The Labute approximate surface area is 196 Å². The molecule has 2 aliphatic rings. The lowest BCUT2D eigenvalue weighted by atomic mass is 9.76. The van der Waals surface area contributed by atoms with E-state index in [0.717, 1.165) is 75.5 Å². The summed E-state index contributed by atoms with van der Waals surface area (Å²) >= 11 is 6.00. The van der Waals surface area contributed by atoms with Crippen molar-refractivity contribution in [2.75, 3.05) is 11.9 Å². The molecule has 180 valence electrons. The molecule has 0 unspecified atom stereocenters. The third-order valence-electron chi connectivity index (χ3n) is 6.94. The van der Waals surface area contributed by atoms with Gasteiger partial charge in [0.1, 0.15) is 0 Å². The number of amides is 1. The number of aromatic amines is 1. The number of aromatic nitrogens is 2. The number of hydrogen-bond donors (Lipinski definition) is 3. The lowest BCUT2D eigenvalue weighted by molar-refractivity contribution is -0.137. The molecule has 1 saturated carbocycles. The van der Waals surface area contributed by atoms with Crippen molar-refractivity contribution in [2.24, 2.45) is 11.3 Å². The zero-order valence-corrected chi connectivity index (χ0v) is 19.7. The zero-order chi connectivity index (χ0) is 23.8. The number of hydrogen-bond acceptors (Lipinski definition) is 3. The second-order valence-electron chi connectivity index (χ2n) is 10.1. The number of aryl methyl sites for hydroxylation is 1. The topological polar surface area (TPSA) is 69.8 Å².